The van der Waals surface area contributed by atoms with E-state index in [0.717, 1.165) is 71.1 Å². The van der Waals surface area contributed by atoms with Gasteiger partial charge in [0.25, 0.3) is 0 Å². The molecule has 5 heteroatoms. The van der Waals surface area contributed by atoms with E-state index >= 15 is 0 Å². The first kappa shape index (κ1) is 21.3. The molecule has 0 bridgehead atoms. The Hall–Kier alpha value is -1.92. The zero-order valence-electron chi connectivity index (χ0n) is 17.9. The van der Waals surface area contributed by atoms with E-state index in [1.807, 2.05) is 12.1 Å². The number of benzene rings is 2. The average molecular weight is 425 g/mol. The predicted molar refractivity (Wildman–Crippen MR) is 126 cm³/mol. The molecule has 1 aliphatic rings. The minimum atomic E-state index is 0.811. The van der Waals surface area contributed by atoms with Crippen LogP contribution in [0.4, 0.5) is 0 Å². The van der Waals surface area contributed by atoms with Crippen LogP contribution in [-0.2, 0) is 17.7 Å². The minimum Gasteiger partial charge on any atom is -0.497 e. The minimum absolute atomic E-state index is 0.811. The molecule has 0 N–H and O–H groups in total. The van der Waals surface area contributed by atoms with E-state index < -0.39 is 0 Å². The Morgan fingerprint density at radius 2 is 1.63 bits per heavy atom. The molecule has 4 rings (SSSR count). The summed E-state index contributed by atoms with van der Waals surface area (Å²) in [5.41, 5.74) is 2.73. The Kier molecular flexibility index (Phi) is 7.76. The molecule has 4 nitrogen and oxygen atoms in total. The second kappa shape index (κ2) is 10.9. The van der Waals surface area contributed by atoms with Crippen LogP contribution in [0.5, 0.6) is 5.75 Å². The van der Waals surface area contributed by atoms with Gasteiger partial charge < -0.3 is 14.4 Å². The maximum Gasteiger partial charge on any atom is 0.118 e. The van der Waals surface area contributed by atoms with E-state index in [-0.39, 0.29) is 0 Å². The van der Waals surface area contributed by atoms with Crippen LogP contribution in [0.3, 0.4) is 0 Å². The molecule has 160 valence electrons. The van der Waals surface area contributed by atoms with Gasteiger partial charge in [-0.15, -0.1) is 11.3 Å². The monoisotopic (exact) mass is 424 g/mol. The van der Waals surface area contributed by atoms with Gasteiger partial charge in [-0.25, -0.2) is 0 Å². The number of nitrogens with zero attached hydrogens (tertiary/aromatic N) is 2. The topological polar surface area (TPSA) is 24.9 Å². The first-order chi connectivity index (χ1) is 14.8. The lowest BCUT2D eigenvalue weighted by atomic mass is 10.1. The molecule has 0 spiro atoms. The summed E-state index contributed by atoms with van der Waals surface area (Å²) >= 11 is 1.80. The summed E-state index contributed by atoms with van der Waals surface area (Å²) in [6.45, 7) is 8.40. The SMILES string of the molecule is COc1ccc(CN2CCN(CCCOCCc3ccc4sccc4c3)CC2)cc1. The highest BCUT2D eigenvalue weighted by Gasteiger charge is 2.16. The van der Waals surface area contributed by atoms with E-state index in [1.165, 1.54) is 21.2 Å². The Bertz CT molecular complexity index is 901. The van der Waals surface area contributed by atoms with Gasteiger partial charge in [-0.05, 0) is 59.0 Å². The number of rotatable bonds is 10. The largest absolute Gasteiger partial charge is 0.497 e. The zero-order chi connectivity index (χ0) is 20.6. The van der Waals surface area contributed by atoms with Crippen molar-refractivity contribution in [3.05, 3.63) is 65.0 Å². The second-order valence-corrected chi connectivity index (χ2v) is 8.92. The Balaban J connectivity index is 1.07. The maximum atomic E-state index is 5.90. The Morgan fingerprint density at radius 3 is 2.43 bits per heavy atom. The molecular formula is C25H32N2O2S. The van der Waals surface area contributed by atoms with Crippen LogP contribution in [0.15, 0.2) is 53.9 Å². The standard InChI is InChI=1S/C25H32N2O2S/c1-28-24-6-3-22(4-7-24)20-27-14-12-26(13-15-27)11-2-16-29-17-9-21-5-8-25-23(19-21)10-18-30-25/h3-8,10,18-19H,2,9,11-17,20H2,1H3. The number of ether oxygens (including phenoxy) is 2. The molecule has 0 atom stereocenters. The fourth-order valence-corrected chi connectivity index (χ4v) is 4.79. The molecule has 2 heterocycles. The Morgan fingerprint density at radius 1 is 0.867 bits per heavy atom. The summed E-state index contributed by atoms with van der Waals surface area (Å²) in [7, 11) is 1.71. The molecule has 1 saturated heterocycles. The summed E-state index contributed by atoms with van der Waals surface area (Å²) < 4.78 is 12.5. The average Bonchev–Trinajstić information content (AvgIpc) is 3.26. The van der Waals surface area contributed by atoms with Crippen LogP contribution in [0, 0.1) is 0 Å². The Labute approximate surface area is 184 Å². The molecular weight excluding hydrogens is 392 g/mol. The molecule has 1 aliphatic heterocycles. The smallest absolute Gasteiger partial charge is 0.118 e. The molecule has 1 aromatic heterocycles. The van der Waals surface area contributed by atoms with Crippen LogP contribution in [0.1, 0.15) is 17.5 Å². The van der Waals surface area contributed by atoms with Gasteiger partial charge in [0, 0.05) is 50.6 Å². The summed E-state index contributed by atoms with van der Waals surface area (Å²) in [6.07, 6.45) is 2.11. The predicted octanol–water partition coefficient (Wildman–Crippen LogP) is 4.68. The molecule has 1 fully saturated rings. The molecule has 30 heavy (non-hydrogen) atoms. The van der Waals surface area contributed by atoms with Crippen molar-refractivity contribution in [1.29, 1.82) is 0 Å². The molecule has 0 saturated carbocycles. The lowest BCUT2D eigenvalue weighted by Crippen LogP contribution is -2.46. The van der Waals surface area contributed by atoms with E-state index in [1.54, 1.807) is 18.4 Å². The van der Waals surface area contributed by atoms with Crippen molar-refractivity contribution in [2.75, 3.05) is 53.0 Å². The number of fused-ring (bicyclic) bond motifs is 1. The van der Waals surface area contributed by atoms with E-state index in [9.17, 15) is 0 Å². The van der Waals surface area contributed by atoms with Crippen LogP contribution in [-0.4, -0.2) is 62.8 Å². The molecule has 3 aromatic rings. The number of piperazine rings is 1. The number of hydrogen-bond acceptors (Lipinski definition) is 5. The fourth-order valence-electron chi connectivity index (χ4n) is 4.01. The third-order valence-electron chi connectivity index (χ3n) is 5.85. The molecule has 0 unspecified atom stereocenters. The first-order valence-electron chi connectivity index (χ1n) is 10.9. The summed E-state index contributed by atoms with van der Waals surface area (Å²) in [5.74, 6) is 0.925. The third-order valence-corrected chi connectivity index (χ3v) is 6.74. The molecule has 0 aliphatic carbocycles. The first-order valence-corrected chi connectivity index (χ1v) is 11.8. The highest BCUT2D eigenvalue weighted by atomic mass is 32.1. The number of thiophene rings is 1. The van der Waals surface area contributed by atoms with Crippen molar-refractivity contribution in [3.8, 4) is 5.75 Å². The van der Waals surface area contributed by atoms with E-state index in [0.29, 0.717) is 0 Å². The van der Waals surface area contributed by atoms with Gasteiger partial charge in [-0.1, -0.05) is 24.3 Å². The normalized spacial score (nSPS) is 15.6. The fraction of sp³-hybridized carbons (Fsp3) is 0.440. The lowest BCUT2D eigenvalue weighted by molar-refractivity contribution is 0.0980. The summed E-state index contributed by atoms with van der Waals surface area (Å²) in [6, 6.07) is 17.4. The highest BCUT2D eigenvalue weighted by Crippen LogP contribution is 2.22. The van der Waals surface area contributed by atoms with Crippen LogP contribution >= 0.6 is 11.3 Å². The van der Waals surface area contributed by atoms with Crippen molar-refractivity contribution in [3.63, 3.8) is 0 Å². The van der Waals surface area contributed by atoms with Crippen molar-refractivity contribution in [2.45, 2.75) is 19.4 Å². The zero-order valence-corrected chi connectivity index (χ0v) is 18.7. The van der Waals surface area contributed by atoms with E-state index in [4.69, 9.17) is 9.47 Å². The van der Waals surface area contributed by atoms with Gasteiger partial charge in [-0.2, -0.15) is 0 Å². The van der Waals surface area contributed by atoms with Gasteiger partial charge in [-0.3, -0.25) is 4.90 Å². The molecule has 0 amide bonds. The van der Waals surface area contributed by atoms with Crippen molar-refractivity contribution in [1.82, 2.24) is 9.80 Å². The van der Waals surface area contributed by atoms with E-state index in [2.05, 4.69) is 51.6 Å². The molecule has 2 aromatic carbocycles. The summed E-state index contributed by atoms with van der Waals surface area (Å²) in [5, 5.41) is 3.51. The second-order valence-electron chi connectivity index (χ2n) is 7.97. The van der Waals surface area contributed by atoms with Gasteiger partial charge in [0.05, 0.1) is 13.7 Å². The molecule has 0 radical (unpaired) electrons. The van der Waals surface area contributed by atoms with Crippen molar-refractivity contribution in [2.24, 2.45) is 0 Å². The van der Waals surface area contributed by atoms with Crippen LogP contribution in [0.25, 0.3) is 10.1 Å². The van der Waals surface area contributed by atoms with Gasteiger partial charge >= 0.3 is 0 Å². The number of methoxy groups -OCH3 is 1. The van der Waals surface area contributed by atoms with Crippen LogP contribution < -0.4 is 4.74 Å². The maximum absolute atomic E-state index is 5.90. The number of hydrogen-bond donors (Lipinski definition) is 0. The third kappa shape index (κ3) is 6.05. The van der Waals surface area contributed by atoms with Crippen LogP contribution in [0.2, 0.25) is 0 Å². The van der Waals surface area contributed by atoms with Gasteiger partial charge in [0.1, 0.15) is 5.75 Å². The quantitative estimate of drug-likeness (QED) is 0.441. The van der Waals surface area contributed by atoms with Crippen molar-refractivity contribution >= 4 is 21.4 Å². The summed E-state index contributed by atoms with van der Waals surface area (Å²) in [4.78, 5) is 5.11. The lowest BCUT2D eigenvalue weighted by Gasteiger charge is -2.34. The van der Waals surface area contributed by atoms with Gasteiger partial charge in [0.2, 0.25) is 0 Å². The highest BCUT2D eigenvalue weighted by molar-refractivity contribution is 7.17. The van der Waals surface area contributed by atoms with Crippen molar-refractivity contribution < 1.29 is 9.47 Å². The van der Waals surface area contributed by atoms with Gasteiger partial charge in [0.15, 0.2) is 0 Å².